The average Bonchev–Trinajstić information content (AvgIpc) is 2.57. The lowest BCUT2D eigenvalue weighted by Gasteiger charge is -2.07. The largest absolute Gasteiger partial charge is 0.383 e. The van der Waals surface area contributed by atoms with Crippen molar-refractivity contribution in [2.75, 3.05) is 32.1 Å². The number of aromatic nitrogens is 2. The van der Waals surface area contributed by atoms with E-state index >= 15 is 0 Å². The summed E-state index contributed by atoms with van der Waals surface area (Å²) < 4.78 is 17.7. The summed E-state index contributed by atoms with van der Waals surface area (Å²) in [7, 11) is 1.57. The molecule has 122 valence electrons. The molecule has 0 unspecified atom stereocenters. The van der Waals surface area contributed by atoms with Gasteiger partial charge in [-0.1, -0.05) is 12.1 Å². The first-order valence-electron chi connectivity index (χ1n) is 7.27. The third kappa shape index (κ3) is 5.63. The summed E-state index contributed by atoms with van der Waals surface area (Å²) in [5.41, 5.74) is 1.30. The Balaban J connectivity index is 1.84. The molecule has 0 aliphatic rings. The summed E-state index contributed by atoms with van der Waals surface area (Å²) in [5, 5.41) is 5.75. The molecule has 0 aliphatic carbocycles. The second kappa shape index (κ2) is 8.79. The van der Waals surface area contributed by atoms with Crippen LogP contribution in [0.1, 0.15) is 16.1 Å². The summed E-state index contributed by atoms with van der Waals surface area (Å²) in [6.45, 7) is 1.45. The molecule has 0 saturated heterocycles. The van der Waals surface area contributed by atoms with Gasteiger partial charge in [-0.05, 0) is 30.2 Å². The van der Waals surface area contributed by atoms with E-state index < -0.39 is 0 Å². The molecule has 23 heavy (non-hydrogen) atoms. The summed E-state index contributed by atoms with van der Waals surface area (Å²) in [5.74, 6) is -0.144. The first-order valence-corrected chi connectivity index (χ1v) is 7.27. The summed E-state index contributed by atoms with van der Waals surface area (Å²) >= 11 is 0. The first kappa shape index (κ1) is 16.8. The molecule has 2 aromatic rings. The van der Waals surface area contributed by atoms with E-state index in [2.05, 4.69) is 20.6 Å². The van der Waals surface area contributed by atoms with Crippen molar-refractivity contribution in [1.29, 1.82) is 0 Å². The van der Waals surface area contributed by atoms with E-state index in [4.69, 9.17) is 4.74 Å². The van der Waals surface area contributed by atoms with Crippen LogP contribution in [0.3, 0.4) is 0 Å². The number of nitrogens with one attached hydrogen (secondary N) is 2. The Morgan fingerprint density at radius 1 is 1.22 bits per heavy atom. The zero-order chi connectivity index (χ0) is 16.5. The minimum Gasteiger partial charge on any atom is -0.383 e. The highest BCUT2D eigenvalue weighted by Crippen LogP contribution is 2.05. The number of hydrogen-bond donors (Lipinski definition) is 2. The topological polar surface area (TPSA) is 76.1 Å². The van der Waals surface area contributed by atoms with Gasteiger partial charge in [0.15, 0.2) is 0 Å². The van der Waals surface area contributed by atoms with E-state index in [1.54, 1.807) is 25.3 Å². The smallest absolute Gasteiger partial charge is 0.270 e. The fraction of sp³-hybridized carbons (Fsp3) is 0.312. The number of amides is 1. The van der Waals surface area contributed by atoms with Crippen LogP contribution in [0.5, 0.6) is 0 Å². The van der Waals surface area contributed by atoms with Crippen molar-refractivity contribution < 1.29 is 13.9 Å². The van der Waals surface area contributed by atoms with Gasteiger partial charge in [-0.15, -0.1) is 0 Å². The Bertz CT molecular complexity index is 634. The van der Waals surface area contributed by atoms with Crippen molar-refractivity contribution in [3.05, 3.63) is 53.6 Å². The Morgan fingerprint density at radius 2 is 2.00 bits per heavy atom. The zero-order valence-corrected chi connectivity index (χ0v) is 12.9. The van der Waals surface area contributed by atoms with Gasteiger partial charge in [-0.25, -0.2) is 14.4 Å². The van der Waals surface area contributed by atoms with E-state index in [0.29, 0.717) is 37.8 Å². The summed E-state index contributed by atoms with van der Waals surface area (Å²) in [6, 6.07) is 7.87. The van der Waals surface area contributed by atoms with Crippen LogP contribution in [0.15, 0.2) is 36.5 Å². The van der Waals surface area contributed by atoms with Crippen LogP contribution in [-0.4, -0.2) is 42.7 Å². The molecule has 1 heterocycles. The highest BCUT2D eigenvalue weighted by molar-refractivity contribution is 5.92. The van der Waals surface area contributed by atoms with Crippen LogP contribution >= 0.6 is 0 Å². The lowest BCUT2D eigenvalue weighted by Crippen LogP contribution is -2.28. The van der Waals surface area contributed by atoms with Gasteiger partial charge in [0, 0.05) is 26.4 Å². The van der Waals surface area contributed by atoms with Crippen LogP contribution in [-0.2, 0) is 11.2 Å². The van der Waals surface area contributed by atoms with Gasteiger partial charge in [0.25, 0.3) is 5.91 Å². The molecular weight excluding hydrogens is 299 g/mol. The number of carbonyl (C=O) groups is 1. The van der Waals surface area contributed by atoms with E-state index in [9.17, 15) is 9.18 Å². The Hall–Kier alpha value is -2.54. The third-order valence-corrected chi connectivity index (χ3v) is 3.09. The van der Waals surface area contributed by atoms with Crippen LogP contribution in [0, 0.1) is 5.82 Å². The van der Waals surface area contributed by atoms with Crippen molar-refractivity contribution in [2.24, 2.45) is 0 Å². The number of carbonyl (C=O) groups excluding carboxylic acids is 1. The van der Waals surface area contributed by atoms with Gasteiger partial charge in [0.1, 0.15) is 11.5 Å². The van der Waals surface area contributed by atoms with Gasteiger partial charge < -0.3 is 15.4 Å². The number of nitrogens with zero attached hydrogens (tertiary/aromatic N) is 2. The molecule has 0 spiro atoms. The maximum atomic E-state index is 12.8. The fourth-order valence-electron chi connectivity index (χ4n) is 1.90. The van der Waals surface area contributed by atoms with Crippen LogP contribution in [0.25, 0.3) is 0 Å². The van der Waals surface area contributed by atoms with Gasteiger partial charge in [-0.2, -0.15) is 0 Å². The minimum absolute atomic E-state index is 0.253. The van der Waals surface area contributed by atoms with Crippen LogP contribution in [0.2, 0.25) is 0 Å². The van der Waals surface area contributed by atoms with E-state index in [1.165, 1.54) is 18.3 Å². The lowest BCUT2D eigenvalue weighted by atomic mass is 10.1. The van der Waals surface area contributed by atoms with Crippen molar-refractivity contribution in [1.82, 2.24) is 15.3 Å². The second-order valence-corrected chi connectivity index (χ2v) is 4.82. The Labute approximate surface area is 134 Å². The molecule has 1 amide bonds. The van der Waals surface area contributed by atoms with Gasteiger partial charge in [0.2, 0.25) is 5.95 Å². The monoisotopic (exact) mass is 318 g/mol. The number of benzene rings is 1. The minimum atomic E-state index is -0.272. The van der Waals surface area contributed by atoms with Gasteiger partial charge in [0.05, 0.1) is 6.61 Å². The predicted octanol–water partition coefficient (Wildman–Crippen LogP) is 1.65. The lowest BCUT2D eigenvalue weighted by molar-refractivity contribution is 0.0932. The van der Waals surface area contributed by atoms with E-state index in [0.717, 1.165) is 5.56 Å². The number of halogens is 1. The first-order chi connectivity index (χ1) is 11.2. The molecule has 0 aliphatic heterocycles. The SMILES string of the molecule is COCCNC(=O)c1ccnc(NCCc2ccc(F)cc2)n1. The van der Waals surface area contributed by atoms with Crippen LogP contribution in [0.4, 0.5) is 10.3 Å². The molecule has 0 radical (unpaired) electrons. The molecule has 1 aromatic heterocycles. The van der Waals surface area contributed by atoms with Crippen molar-refractivity contribution in [2.45, 2.75) is 6.42 Å². The van der Waals surface area contributed by atoms with E-state index in [-0.39, 0.29) is 11.7 Å². The van der Waals surface area contributed by atoms with Gasteiger partial charge >= 0.3 is 0 Å². The standard InChI is InChI=1S/C16H19FN4O2/c1-23-11-10-18-15(22)14-7-9-20-16(21-14)19-8-6-12-2-4-13(17)5-3-12/h2-5,7,9H,6,8,10-11H2,1H3,(H,18,22)(H,19,20,21). The zero-order valence-electron chi connectivity index (χ0n) is 12.9. The number of rotatable bonds is 8. The molecular formula is C16H19FN4O2. The molecule has 1 aromatic carbocycles. The number of methoxy groups -OCH3 is 1. The quantitative estimate of drug-likeness (QED) is 0.724. The molecule has 7 heteroatoms. The maximum absolute atomic E-state index is 12.8. The second-order valence-electron chi connectivity index (χ2n) is 4.82. The molecule has 0 atom stereocenters. The number of hydrogen-bond acceptors (Lipinski definition) is 5. The Kier molecular flexibility index (Phi) is 6.43. The van der Waals surface area contributed by atoms with Crippen molar-refractivity contribution in [3.63, 3.8) is 0 Å². The molecule has 2 rings (SSSR count). The summed E-state index contributed by atoms with van der Waals surface area (Å²) in [4.78, 5) is 20.1. The van der Waals surface area contributed by atoms with Crippen molar-refractivity contribution >= 4 is 11.9 Å². The normalized spacial score (nSPS) is 10.3. The number of ether oxygens (including phenoxy) is 1. The molecule has 0 fully saturated rings. The average molecular weight is 318 g/mol. The van der Waals surface area contributed by atoms with E-state index in [1.807, 2.05) is 0 Å². The highest BCUT2D eigenvalue weighted by atomic mass is 19.1. The highest BCUT2D eigenvalue weighted by Gasteiger charge is 2.07. The summed E-state index contributed by atoms with van der Waals surface area (Å²) in [6.07, 6.45) is 2.23. The van der Waals surface area contributed by atoms with Crippen LogP contribution < -0.4 is 10.6 Å². The van der Waals surface area contributed by atoms with Gasteiger partial charge in [-0.3, -0.25) is 4.79 Å². The predicted molar refractivity (Wildman–Crippen MR) is 84.8 cm³/mol. The molecule has 0 saturated carbocycles. The maximum Gasteiger partial charge on any atom is 0.270 e. The molecule has 6 nitrogen and oxygen atoms in total. The number of anilines is 1. The fourth-order valence-corrected chi connectivity index (χ4v) is 1.90. The Morgan fingerprint density at radius 3 is 2.74 bits per heavy atom. The molecule has 0 bridgehead atoms. The molecule has 2 N–H and O–H groups in total. The third-order valence-electron chi connectivity index (χ3n) is 3.09. The van der Waals surface area contributed by atoms with Crippen molar-refractivity contribution in [3.8, 4) is 0 Å².